The summed E-state index contributed by atoms with van der Waals surface area (Å²) in [5.74, 6) is 0. The Bertz CT molecular complexity index is 826. The molecule has 0 atom stereocenters. The van der Waals surface area contributed by atoms with E-state index in [1.54, 1.807) is 0 Å². The molecular formula is C20H24N4. The smallest absolute Gasteiger partial charge is 0.137 e. The third-order valence-corrected chi connectivity index (χ3v) is 5.03. The van der Waals surface area contributed by atoms with Crippen LogP contribution in [-0.2, 0) is 6.54 Å². The van der Waals surface area contributed by atoms with Gasteiger partial charge in [-0.2, -0.15) is 0 Å². The first-order valence-electron chi connectivity index (χ1n) is 8.63. The second-order valence-corrected chi connectivity index (χ2v) is 6.87. The van der Waals surface area contributed by atoms with Gasteiger partial charge < -0.3 is 9.88 Å². The molecule has 2 aromatic heterocycles. The number of hydrogen-bond donors (Lipinski definition) is 1. The van der Waals surface area contributed by atoms with Crippen molar-refractivity contribution in [1.82, 2.24) is 19.8 Å². The van der Waals surface area contributed by atoms with Gasteiger partial charge in [-0.05, 0) is 36.7 Å². The second-order valence-electron chi connectivity index (χ2n) is 6.87. The van der Waals surface area contributed by atoms with Crippen LogP contribution in [0.15, 0.2) is 42.7 Å². The summed E-state index contributed by atoms with van der Waals surface area (Å²) in [4.78, 5) is 12.7. The molecule has 0 bridgehead atoms. The maximum absolute atomic E-state index is 4.53. The topological polar surface area (TPSA) is 35.2 Å². The quantitative estimate of drug-likeness (QED) is 0.804. The van der Waals surface area contributed by atoms with E-state index in [-0.39, 0.29) is 0 Å². The predicted octanol–water partition coefficient (Wildman–Crippen LogP) is 3.29. The first-order valence-corrected chi connectivity index (χ1v) is 8.63. The van der Waals surface area contributed by atoms with Gasteiger partial charge in [-0.3, -0.25) is 4.90 Å². The third kappa shape index (κ3) is 3.07. The van der Waals surface area contributed by atoms with Crippen molar-refractivity contribution in [2.75, 3.05) is 33.2 Å². The summed E-state index contributed by atoms with van der Waals surface area (Å²) < 4.78 is 0. The van der Waals surface area contributed by atoms with Crippen molar-refractivity contribution in [2.24, 2.45) is 0 Å². The van der Waals surface area contributed by atoms with Crippen molar-refractivity contribution in [3.63, 3.8) is 0 Å². The van der Waals surface area contributed by atoms with Gasteiger partial charge in [0.05, 0.1) is 0 Å². The average molecular weight is 320 g/mol. The summed E-state index contributed by atoms with van der Waals surface area (Å²) in [6.45, 7) is 7.81. The maximum Gasteiger partial charge on any atom is 0.137 e. The Kier molecular flexibility index (Phi) is 4.08. The molecule has 24 heavy (non-hydrogen) atoms. The van der Waals surface area contributed by atoms with Crippen molar-refractivity contribution < 1.29 is 0 Å². The van der Waals surface area contributed by atoms with E-state index in [4.69, 9.17) is 0 Å². The molecule has 0 radical (unpaired) electrons. The summed E-state index contributed by atoms with van der Waals surface area (Å²) in [6, 6.07) is 11.2. The Morgan fingerprint density at radius 3 is 2.54 bits per heavy atom. The van der Waals surface area contributed by atoms with E-state index in [0.717, 1.165) is 25.3 Å². The number of fused-ring (bicyclic) bond motifs is 1. The van der Waals surface area contributed by atoms with Crippen molar-refractivity contribution in [3.8, 4) is 11.1 Å². The summed E-state index contributed by atoms with van der Waals surface area (Å²) in [6.07, 6.45) is 3.97. The highest BCUT2D eigenvalue weighted by Gasteiger charge is 2.13. The number of aromatic nitrogens is 2. The van der Waals surface area contributed by atoms with Crippen LogP contribution in [0.2, 0.25) is 0 Å². The molecule has 0 aliphatic carbocycles. The highest BCUT2D eigenvalue weighted by atomic mass is 15.2. The zero-order valence-corrected chi connectivity index (χ0v) is 14.4. The van der Waals surface area contributed by atoms with E-state index in [2.05, 4.69) is 64.1 Å². The first kappa shape index (κ1) is 15.4. The SMILES string of the molecule is Cc1c[nH]c2ncc(-c3ccc(CN4CCN(C)CC4)cc3)cc12. The molecule has 0 unspecified atom stereocenters. The molecule has 4 rings (SSSR count). The molecule has 0 saturated carbocycles. The molecule has 3 heterocycles. The minimum atomic E-state index is 0.961. The molecule has 1 aromatic carbocycles. The highest BCUT2D eigenvalue weighted by Crippen LogP contribution is 2.25. The number of pyridine rings is 1. The lowest BCUT2D eigenvalue weighted by molar-refractivity contribution is 0.148. The molecule has 1 saturated heterocycles. The molecule has 3 aromatic rings. The van der Waals surface area contributed by atoms with Crippen LogP contribution in [0.4, 0.5) is 0 Å². The zero-order valence-electron chi connectivity index (χ0n) is 14.4. The van der Waals surface area contributed by atoms with Crippen LogP contribution in [0.3, 0.4) is 0 Å². The Morgan fingerprint density at radius 1 is 1.04 bits per heavy atom. The van der Waals surface area contributed by atoms with Gasteiger partial charge in [-0.1, -0.05) is 24.3 Å². The summed E-state index contributed by atoms with van der Waals surface area (Å²) >= 11 is 0. The first-order chi connectivity index (χ1) is 11.7. The largest absolute Gasteiger partial charge is 0.346 e. The maximum atomic E-state index is 4.53. The number of hydrogen-bond acceptors (Lipinski definition) is 3. The highest BCUT2D eigenvalue weighted by molar-refractivity contribution is 5.84. The fourth-order valence-electron chi connectivity index (χ4n) is 3.36. The van der Waals surface area contributed by atoms with Crippen molar-refractivity contribution in [2.45, 2.75) is 13.5 Å². The van der Waals surface area contributed by atoms with Crippen LogP contribution in [0.25, 0.3) is 22.2 Å². The lowest BCUT2D eigenvalue weighted by atomic mass is 10.0. The summed E-state index contributed by atoms with van der Waals surface area (Å²) in [5.41, 5.74) is 5.99. The number of benzene rings is 1. The Balaban J connectivity index is 1.51. The lowest BCUT2D eigenvalue weighted by Crippen LogP contribution is -2.43. The van der Waals surface area contributed by atoms with Crippen LogP contribution in [0.5, 0.6) is 0 Å². The molecule has 4 heteroatoms. The van der Waals surface area contributed by atoms with Crippen molar-refractivity contribution >= 4 is 11.0 Å². The van der Waals surface area contributed by atoms with E-state index >= 15 is 0 Å². The van der Waals surface area contributed by atoms with Gasteiger partial charge >= 0.3 is 0 Å². The van der Waals surface area contributed by atoms with Crippen LogP contribution in [0, 0.1) is 6.92 Å². The normalized spacial score (nSPS) is 16.8. The summed E-state index contributed by atoms with van der Waals surface area (Å²) in [5, 5.41) is 1.20. The van der Waals surface area contributed by atoms with Gasteiger partial charge in [-0.25, -0.2) is 4.98 Å². The minimum Gasteiger partial charge on any atom is -0.346 e. The van der Waals surface area contributed by atoms with Gasteiger partial charge in [-0.15, -0.1) is 0 Å². The van der Waals surface area contributed by atoms with Gasteiger partial charge in [0.15, 0.2) is 0 Å². The number of nitrogens with one attached hydrogen (secondary N) is 1. The van der Waals surface area contributed by atoms with E-state index in [1.165, 1.54) is 40.7 Å². The molecule has 1 aliphatic rings. The average Bonchev–Trinajstić information content (AvgIpc) is 2.98. The molecule has 1 aliphatic heterocycles. The number of likely N-dealkylation sites (N-methyl/N-ethyl adjacent to an activating group) is 1. The van der Waals surface area contributed by atoms with Gasteiger partial charge in [0, 0.05) is 56.1 Å². The van der Waals surface area contributed by atoms with Gasteiger partial charge in [0.25, 0.3) is 0 Å². The van der Waals surface area contributed by atoms with E-state index in [9.17, 15) is 0 Å². The van der Waals surface area contributed by atoms with Crippen LogP contribution in [-0.4, -0.2) is 53.0 Å². The Labute approximate surface area is 143 Å². The van der Waals surface area contributed by atoms with E-state index < -0.39 is 0 Å². The van der Waals surface area contributed by atoms with Crippen molar-refractivity contribution in [3.05, 3.63) is 53.9 Å². The molecule has 0 spiro atoms. The van der Waals surface area contributed by atoms with Gasteiger partial charge in [0.1, 0.15) is 5.65 Å². The van der Waals surface area contributed by atoms with Crippen LogP contribution in [0.1, 0.15) is 11.1 Å². The van der Waals surface area contributed by atoms with Gasteiger partial charge in [0.2, 0.25) is 0 Å². The van der Waals surface area contributed by atoms with E-state index in [1.807, 2.05) is 12.4 Å². The number of aromatic amines is 1. The molecule has 1 fully saturated rings. The van der Waals surface area contributed by atoms with E-state index in [0.29, 0.717) is 0 Å². The molecule has 124 valence electrons. The predicted molar refractivity (Wildman–Crippen MR) is 99.0 cm³/mol. The van der Waals surface area contributed by atoms with Crippen molar-refractivity contribution in [1.29, 1.82) is 0 Å². The summed E-state index contributed by atoms with van der Waals surface area (Å²) in [7, 11) is 2.20. The minimum absolute atomic E-state index is 0.961. The van der Waals surface area contributed by atoms with Crippen LogP contribution >= 0.6 is 0 Å². The standard InChI is InChI=1S/C20H24N4/c1-15-12-21-20-19(15)11-18(13-22-20)17-5-3-16(4-6-17)14-24-9-7-23(2)8-10-24/h3-6,11-13H,7-10,14H2,1-2H3,(H,21,22). The third-order valence-electron chi connectivity index (χ3n) is 5.03. The molecule has 0 amide bonds. The molecular weight excluding hydrogens is 296 g/mol. The number of piperazine rings is 1. The number of nitrogens with zero attached hydrogens (tertiary/aromatic N) is 3. The molecule has 1 N–H and O–H groups in total. The fraction of sp³-hybridized carbons (Fsp3) is 0.350. The number of rotatable bonds is 3. The lowest BCUT2D eigenvalue weighted by Gasteiger charge is -2.32. The second kappa shape index (κ2) is 6.38. The Morgan fingerprint density at radius 2 is 1.79 bits per heavy atom. The fourth-order valence-corrected chi connectivity index (χ4v) is 3.36. The Hall–Kier alpha value is -2.17. The number of aryl methyl sites for hydroxylation is 1. The number of H-pyrrole nitrogens is 1. The van der Waals surface area contributed by atoms with Crippen LogP contribution < -0.4 is 0 Å². The molecule has 4 nitrogen and oxygen atoms in total. The monoisotopic (exact) mass is 320 g/mol. The zero-order chi connectivity index (χ0) is 16.5.